The van der Waals surface area contributed by atoms with Gasteiger partial charge in [0.15, 0.2) is 6.10 Å². The maximum Gasteiger partial charge on any atom is 0.261 e. The average molecular weight is 367 g/mol. The van der Waals surface area contributed by atoms with Crippen molar-refractivity contribution in [2.24, 2.45) is 0 Å². The molecule has 1 unspecified atom stereocenters. The minimum Gasteiger partial charge on any atom is -0.481 e. The number of aromatic nitrogens is 2. The highest BCUT2D eigenvalue weighted by Crippen LogP contribution is 2.27. The Hall–Kier alpha value is -2.73. The molecular weight excluding hydrogens is 346 g/mol. The van der Waals surface area contributed by atoms with Crippen molar-refractivity contribution < 1.29 is 9.53 Å². The summed E-state index contributed by atoms with van der Waals surface area (Å²) in [5.74, 6) is 0.544. The zero-order chi connectivity index (χ0) is 18.5. The van der Waals surface area contributed by atoms with E-state index in [0.717, 1.165) is 26.7 Å². The van der Waals surface area contributed by atoms with Gasteiger partial charge in [-0.1, -0.05) is 12.1 Å². The molecule has 5 nitrogen and oxygen atoms in total. The smallest absolute Gasteiger partial charge is 0.261 e. The number of ether oxygens (including phenoxy) is 1. The number of pyridine rings is 1. The predicted octanol–water partition coefficient (Wildman–Crippen LogP) is 3.91. The maximum absolute atomic E-state index is 12.3. The fourth-order valence-electron chi connectivity index (χ4n) is 2.46. The number of amides is 1. The zero-order valence-corrected chi connectivity index (χ0v) is 15.8. The molecule has 0 spiro atoms. The number of nitrogens with one attached hydrogen (secondary N) is 1. The monoisotopic (exact) mass is 367 g/mol. The van der Waals surface area contributed by atoms with Crippen molar-refractivity contribution >= 4 is 17.2 Å². The van der Waals surface area contributed by atoms with Gasteiger partial charge in [0.1, 0.15) is 10.8 Å². The third kappa shape index (κ3) is 4.46. The summed E-state index contributed by atoms with van der Waals surface area (Å²) in [5, 5.41) is 3.84. The quantitative estimate of drug-likeness (QED) is 0.717. The Kier molecular flexibility index (Phi) is 5.63. The number of aryl methyl sites for hydroxylation is 2. The minimum atomic E-state index is -0.567. The number of hydrogen-bond acceptors (Lipinski definition) is 5. The van der Waals surface area contributed by atoms with Gasteiger partial charge in [0.2, 0.25) is 0 Å². The zero-order valence-electron chi connectivity index (χ0n) is 15.0. The number of benzene rings is 1. The van der Waals surface area contributed by atoms with Crippen LogP contribution in [0.3, 0.4) is 0 Å². The van der Waals surface area contributed by atoms with E-state index in [4.69, 9.17) is 4.74 Å². The van der Waals surface area contributed by atoms with Crippen LogP contribution in [0.25, 0.3) is 10.6 Å². The molecule has 26 heavy (non-hydrogen) atoms. The highest BCUT2D eigenvalue weighted by molar-refractivity contribution is 7.15. The Morgan fingerprint density at radius 1 is 1.27 bits per heavy atom. The van der Waals surface area contributed by atoms with Gasteiger partial charge in [0.25, 0.3) is 5.91 Å². The van der Waals surface area contributed by atoms with E-state index in [2.05, 4.69) is 15.3 Å². The number of rotatable bonds is 6. The number of thiazole rings is 1. The summed E-state index contributed by atoms with van der Waals surface area (Å²) in [6.07, 6.45) is 2.96. The summed E-state index contributed by atoms with van der Waals surface area (Å²) in [5.41, 5.74) is 2.99. The minimum absolute atomic E-state index is 0.151. The third-order valence-electron chi connectivity index (χ3n) is 3.90. The normalized spacial score (nSPS) is 11.8. The molecule has 134 valence electrons. The van der Waals surface area contributed by atoms with E-state index in [1.54, 1.807) is 30.7 Å². The van der Waals surface area contributed by atoms with E-state index >= 15 is 0 Å². The van der Waals surface area contributed by atoms with Gasteiger partial charge in [-0.25, -0.2) is 4.98 Å². The van der Waals surface area contributed by atoms with Crippen LogP contribution < -0.4 is 10.1 Å². The summed E-state index contributed by atoms with van der Waals surface area (Å²) in [7, 11) is 0. The average Bonchev–Trinajstić information content (AvgIpc) is 3.01. The van der Waals surface area contributed by atoms with Crippen LogP contribution in [0.15, 0.2) is 48.8 Å². The van der Waals surface area contributed by atoms with E-state index in [-0.39, 0.29) is 5.91 Å². The molecule has 3 aromatic rings. The Labute approximate surface area is 157 Å². The van der Waals surface area contributed by atoms with Crippen molar-refractivity contribution in [2.75, 3.05) is 0 Å². The molecule has 2 aromatic heterocycles. The number of carbonyl (C=O) groups is 1. The Balaban J connectivity index is 1.60. The Bertz CT molecular complexity index is 893. The summed E-state index contributed by atoms with van der Waals surface area (Å²) in [6.45, 7) is 6.12. The first-order chi connectivity index (χ1) is 12.5. The van der Waals surface area contributed by atoms with Crippen molar-refractivity contribution in [3.63, 3.8) is 0 Å². The van der Waals surface area contributed by atoms with E-state index in [0.29, 0.717) is 12.3 Å². The van der Waals surface area contributed by atoms with Gasteiger partial charge in [0.05, 0.1) is 12.2 Å². The molecule has 0 fully saturated rings. The molecule has 0 aliphatic rings. The van der Waals surface area contributed by atoms with Gasteiger partial charge in [-0.15, -0.1) is 11.3 Å². The maximum atomic E-state index is 12.3. The molecule has 0 saturated heterocycles. The highest BCUT2D eigenvalue weighted by Gasteiger charge is 2.16. The van der Waals surface area contributed by atoms with Gasteiger partial charge in [-0.3, -0.25) is 9.78 Å². The van der Waals surface area contributed by atoms with E-state index in [1.807, 2.05) is 50.2 Å². The fraction of sp³-hybridized carbons (Fsp3) is 0.250. The second kappa shape index (κ2) is 8.10. The SMILES string of the molecule is Cc1cccc(OC(C)C(=O)NCc2sc(-c3cccnc3)nc2C)c1. The standard InChI is InChI=1S/C20H21N3O2S/c1-13-6-4-8-17(10-13)25-15(3)19(24)22-12-18-14(2)23-20(26-18)16-7-5-9-21-11-16/h4-11,15H,12H2,1-3H3,(H,22,24). The van der Waals surface area contributed by atoms with Gasteiger partial charge < -0.3 is 10.1 Å². The lowest BCUT2D eigenvalue weighted by atomic mass is 10.2. The van der Waals surface area contributed by atoms with Crippen LogP contribution in [-0.4, -0.2) is 22.0 Å². The lowest BCUT2D eigenvalue weighted by Gasteiger charge is -2.14. The topological polar surface area (TPSA) is 64.1 Å². The van der Waals surface area contributed by atoms with Crippen LogP contribution in [0.1, 0.15) is 23.1 Å². The number of nitrogens with zero attached hydrogens (tertiary/aromatic N) is 2. The van der Waals surface area contributed by atoms with Crippen molar-refractivity contribution in [1.29, 1.82) is 0 Å². The van der Waals surface area contributed by atoms with Crippen LogP contribution in [-0.2, 0) is 11.3 Å². The molecule has 0 aliphatic heterocycles. The van der Waals surface area contributed by atoms with Crippen molar-refractivity contribution in [1.82, 2.24) is 15.3 Å². The third-order valence-corrected chi connectivity index (χ3v) is 5.10. The molecule has 6 heteroatoms. The molecule has 0 bridgehead atoms. The number of hydrogen-bond donors (Lipinski definition) is 1. The van der Waals surface area contributed by atoms with Crippen molar-refractivity contribution in [3.8, 4) is 16.3 Å². The van der Waals surface area contributed by atoms with E-state index in [1.165, 1.54) is 0 Å². The molecule has 1 aromatic carbocycles. The summed E-state index contributed by atoms with van der Waals surface area (Å²) in [6, 6.07) is 11.5. The molecule has 1 N–H and O–H groups in total. The summed E-state index contributed by atoms with van der Waals surface area (Å²) < 4.78 is 5.72. The molecule has 0 saturated carbocycles. The predicted molar refractivity (Wildman–Crippen MR) is 103 cm³/mol. The Morgan fingerprint density at radius 3 is 2.85 bits per heavy atom. The summed E-state index contributed by atoms with van der Waals surface area (Å²) in [4.78, 5) is 22.1. The van der Waals surface area contributed by atoms with E-state index < -0.39 is 6.10 Å². The second-order valence-corrected chi connectivity index (χ2v) is 7.15. The molecule has 0 aliphatic carbocycles. The van der Waals surface area contributed by atoms with Crippen LogP contribution in [0, 0.1) is 13.8 Å². The molecule has 3 rings (SSSR count). The van der Waals surface area contributed by atoms with Gasteiger partial charge in [0, 0.05) is 22.8 Å². The first kappa shape index (κ1) is 18.1. The second-order valence-electron chi connectivity index (χ2n) is 6.06. The van der Waals surface area contributed by atoms with Crippen LogP contribution in [0.2, 0.25) is 0 Å². The summed E-state index contributed by atoms with van der Waals surface area (Å²) >= 11 is 1.57. The molecule has 1 atom stereocenters. The van der Waals surface area contributed by atoms with Crippen molar-refractivity contribution in [3.05, 3.63) is 64.9 Å². The van der Waals surface area contributed by atoms with Gasteiger partial charge >= 0.3 is 0 Å². The fourth-order valence-corrected chi connectivity index (χ4v) is 3.45. The lowest BCUT2D eigenvalue weighted by Crippen LogP contribution is -2.35. The molecule has 2 heterocycles. The first-order valence-corrected chi connectivity index (χ1v) is 9.22. The van der Waals surface area contributed by atoms with Crippen LogP contribution >= 0.6 is 11.3 Å². The van der Waals surface area contributed by atoms with Gasteiger partial charge in [-0.2, -0.15) is 0 Å². The molecule has 1 amide bonds. The Morgan fingerprint density at radius 2 is 2.12 bits per heavy atom. The van der Waals surface area contributed by atoms with Crippen LogP contribution in [0.5, 0.6) is 5.75 Å². The molecule has 0 radical (unpaired) electrons. The highest BCUT2D eigenvalue weighted by atomic mass is 32.1. The molecular formula is C20H21N3O2S. The largest absolute Gasteiger partial charge is 0.481 e. The lowest BCUT2D eigenvalue weighted by molar-refractivity contribution is -0.127. The first-order valence-electron chi connectivity index (χ1n) is 8.40. The van der Waals surface area contributed by atoms with E-state index in [9.17, 15) is 4.79 Å². The van der Waals surface area contributed by atoms with Crippen LogP contribution in [0.4, 0.5) is 0 Å². The van der Waals surface area contributed by atoms with Gasteiger partial charge in [-0.05, 0) is 50.6 Å². The van der Waals surface area contributed by atoms with Crippen molar-refractivity contribution in [2.45, 2.75) is 33.4 Å². The number of carbonyl (C=O) groups excluding carboxylic acids is 1.